The zero-order valence-electron chi connectivity index (χ0n) is 16.8. The van der Waals surface area contributed by atoms with Gasteiger partial charge in [-0.25, -0.2) is 9.37 Å². The van der Waals surface area contributed by atoms with Gasteiger partial charge in [0.05, 0.1) is 10.6 Å². The Morgan fingerprint density at radius 1 is 1.19 bits per heavy atom. The van der Waals surface area contributed by atoms with E-state index in [1.807, 2.05) is 0 Å². The van der Waals surface area contributed by atoms with E-state index in [2.05, 4.69) is 10.3 Å². The van der Waals surface area contributed by atoms with Gasteiger partial charge in [-0.2, -0.15) is 13.2 Å². The van der Waals surface area contributed by atoms with Crippen LogP contribution in [0.2, 0.25) is 5.02 Å². The number of benzene rings is 1. The molecule has 172 valence electrons. The van der Waals surface area contributed by atoms with E-state index in [1.54, 1.807) is 4.90 Å². The van der Waals surface area contributed by atoms with Gasteiger partial charge in [-0.05, 0) is 43.2 Å². The molecular weight excluding hydrogens is 470 g/mol. The maximum Gasteiger partial charge on any atom is 0.417 e. The maximum atomic E-state index is 13.0. The van der Waals surface area contributed by atoms with E-state index in [9.17, 15) is 27.2 Å². The van der Waals surface area contributed by atoms with Gasteiger partial charge in [0.2, 0.25) is 5.91 Å². The number of likely N-dealkylation sites (tertiary alicyclic amines) is 1. The Bertz CT molecular complexity index is 965. The number of hydrogen-bond acceptors (Lipinski definition) is 4. The molecule has 0 saturated carbocycles. The molecule has 0 radical (unpaired) electrons. The number of rotatable bonds is 6. The summed E-state index contributed by atoms with van der Waals surface area (Å²) in [5.74, 6) is -0.574. The fourth-order valence-electron chi connectivity index (χ4n) is 3.27. The number of halogens is 5. The lowest BCUT2D eigenvalue weighted by atomic mass is 9.95. The largest absolute Gasteiger partial charge is 0.417 e. The first-order valence-corrected chi connectivity index (χ1v) is 11.2. The monoisotopic (exact) mass is 489 g/mol. The molecule has 1 aromatic heterocycles. The number of nitrogens with zero attached hydrogens (tertiary/aromatic N) is 2. The number of nitrogens with one attached hydrogen (secondary N) is 1. The summed E-state index contributed by atoms with van der Waals surface area (Å²) < 4.78 is 51.0. The highest BCUT2D eigenvalue weighted by molar-refractivity contribution is 7.99. The van der Waals surface area contributed by atoms with Crippen LogP contribution in [0.5, 0.6) is 0 Å². The minimum Gasteiger partial charge on any atom is -0.355 e. The first-order valence-electron chi connectivity index (χ1n) is 9.83. The molecule has 1 aliphatic rings. The first kappa shape index (κ1) is 24.3. The zero-order valence-corrected chi connectivity index (χ0v) is 18.4. The average Bonchev–Trinajstić information content (AvgIpc) is 2.77. The number of piperidine rings is 1. The Kier molecular flexibility index (Phi) is 8.00. The van der Waals surface area contributed by atoms with Gasteiger partial charge in [0, 0.05) is 43.1 Å². The summed E-state index contributed by atoms with van der Waals surface area (Å²) >= 11 is 7.02. The number of pyridine rings is 1. The van der Waals surface area contributed by atoms with Gasteiger partial charge in [-0.15, -0.1) is 11.8 Å². The molecular formula is C21H20ClF4N3O2S. The molecule has 0 aliphatic carbocycles. The Balaban J connectivity index is 1.40. The third kappa shape index (κ3) is 6.35. The van der Waals surface area contributed by atoms with E-state index in [0.717, 1.165) is 24.0 Å². The lowest BCUT2D eigenvalue weighted by Crippen LogP contribution is -2.43. The van der Waals surface area contributed by atoms with Crippen LogP contribution in [0.4, 0.5) is 17.6 Å². The van der Waals surface area contributed by atoms with Crippen LogP contribution in [0.1, 0.15) is 28.8 Å². The molecule has 2 amide bonds. The fourth-order valence-corrected chi connectivity index (χ4v) is 4.32. The van der Waals surface area contributed by atoms with E-state index < -0.39 is 17.6 Å². The molecule has 2 heterocycles. The van der Waals surface area contributed by atoms with Crippen LogP contribution in [0.25, 0.3) is 0 Å². The molecule has 11 heteroatoms. The Labute approximate surface area is 191 Å². The van der Waals surface area contributed by atoms with Gasteiger partial charge < -0.3 is 10.2 Å². The summed E-state index contributed by atoms with van der Waals surface area (Å²) in [4.78, 5) is 30.2. The minimum atomic E-state index is -4.51. The van der Waals surface area contributed by atoms with Crippen LogP contribution >= 0.6 is 23.4 Å². The van der Waals surface area contributed by atoms with Gasteiger partial charge >= 0.3 is 6.18 Å². The van der Waals surface area contributed by atoms with E-state index in [-0.39, 0.29) is 27.8 Å². The number of thioether (sulfide) groups is 1. The van der Waals surface area contributed by atoms with Crippen molar-refractivity contribution in [2.24, 2.45) is 5.92 Å². The van der Waals surface area contributed by atoms with Gasteiger partial charge in [0.1, 0.15) is 10.8 Å². The summed E-state index contributed by atoms with van der Waals surface area (Å²) in [6, 6.07) is 6.17. The van der Waals surface area contributed by atoms with Crippen molar-refractivity contribution >= 4 is 35.2 Å². The normalized spacial score (nSPS) is 15.0. The van der Waals surface area contributed by atoms with E-state index in [1.165, 1.54) is 24.3 Å². The number of carbonyl (C=O) groups is 2. The second-order valence-corrected chi connectivity index (χ2v) is 8.71. The van der Waals surface area contributed by atoms with E-state index >= 15 is 0 Å². The van der Waals surface area contributed by atoms with Crippen molar-refractivity contribution in [2.75, 3.05) is 25.4 Å². The van der Waals surface area contributed by atoms with Gasteiger partial charge in [-0.1, -0.05) is 11.6 Å². The van der Waals surface area contributed by atoms with E-state index in [0.29, 0.717) is 43.8 Å². The molecule has 0 atom stereocenters. The third-order valence-corrected chi connectivity index (χ3v) is 6.43. The lowest BCUT2D eigenvalue weighted by molar-refractivity contribution is -0.137. The quantitative estimate of drug-likeness (QED) is 0.364. The van der Waals surface area contributed by atoms with E-state index in [4.69, 9.17) is 11.6 Å². The standard InChI is InChI=1S/C21H20ClF4N3O2S/c22-17-11-15(21(24,25)26)12-28-19(17)32-10-7-27-18(30)13-5-8-29(9-6-13)20(31)14-1-3-16(23)4-2-14/h1-4,11-13H,5-10H2,(H,27,30). The number of aromatic nitrogens is 1. The molecule has 1 aromatic carbocycles. The number of amides is 2. The van der Waals surface area contributed by atoms with Crippen LogP contribution < -0.4 is 5.32 Å². The predicted octanol–water partition coefficient (Wildman–Crippen LogP) is 4.65. The molecule has 5 nitrogen and oxygen atoms in total. The van der Waals surface area contributed by atoms with Crippen LogP contribution in [0.3, 0.4) is 0 Å². The fraction of sp³-hybridized carbons (Fsp3) is 0.381. The smallest absolute Gasteiger partial charge is 0.355 e. The topological polar surface area (TPSA) is 62.3 Å². The Hall–Kier alpha value is -2.33. The third-order valence-electron chi connectivity index (χ3n) is 5.02. The molecule has 3 rings (SSSR count). The SMILES string of the molecule is O=C(NCCSc1ncc(C(F)(F)F)cc1Cl)C1CCN(C(=O)c2ccc(F)cc2)CC1. The van der Waals surface area contributed by atoms with Crippen molar-refractivity contribution in [2.45, 2.75) is 24.0 Å². The number of alkyl halides is 3. The molecule has 32 heavy (non-hydrogen) atoms. The molecule has 1 saturated heterocycles. The van der Waals surface area contributed by atoms with Crippen LogP contribution in [-0.2, 0) is 11.0 Å². The molecule has 1 aliphatic heterocycles. The second-order valence-electron chi connectivity index (χ2n) is 7.22. The molecule has 0 spiro atoms. The molecule has 0 unspecified atom stereocenters. The average molecular weight is 490 g/mol. The summed E-state index contributed by atoms with van der Waals surface area (Å²) in [7, 11) is 0. The highest BCUT2D eigenvalue weighted by Crippen LogP contribution is 2.33. The Morgan fingerprint density at radius 2 is 1.84 bits per heavy atom. The van der Waals surface area contributed by atoms with Crippen molar-refractivity contribution in [3.63, 3.8) is 0 Å². The Morgan fingerprint density at radius 3 is 2.44 bits per heavy atom. The van der Waals surface area contributed by atoms with Crippen molar-refractivity contribution in [3.05, 3.63) is 58.5 Å². The summed E-state index contributed by atoms with van der Waals surface area (Å²) in [6.45, 7) is 1.15. The maximum absolute atomic E-state index is 13.0. The van der Waals surface area contributed by atoms with Crippen LogP contribution in [0.15, 0.2) is 41.6 Å². The molecule has 1 N–H and O–H groups in total. The lowest BCUT2D eigenvalue weighted by Gasteiger charge is -2.31. The first-order chi connectivity index (χ1) is 15.1. The van der Waals surface area contributed by atoms with Gasteiger partial charge in [0.15, 0.2) is 0 Å². The van der Waals surface area contributed by atoms with Gasteiger partial charge in [-0.3, -0.25) is 9.59 Å². The minimum absolute atomic E-state index is 0.0886. The molecule has 0 bridgehead atoms. The second kappa shape index (κ2) is 10.5. The van der Waals surface area contributed by atoms with Crippen LogP contribution in [-0.4, -0.2) is 47.1 Å². The molecule has 2 aromatic rings. The highest BCUT2D eigenvalue weighted by Gasteiger charge is 2.31. The molecule has 1 fully saturated rings. The summed E-state index contributed by atoms with van der Waals surface area (Å²) in [5.41, 5.74) is -0.508. The summed E-state index contributed by atoms with van der Waals surface area (Å²) in [5, 5.41) is 2.98. The van der Waals surface area contributed by atoms with Crippen molar-refractivity contribution in [1.82, 2.24) is 15.2 Å². The van der Waals surface area contributed by atoms with Crippen molar-refractivity contribution in [1.29, 1.82) is 0 Å². The number of carbonyl (C=O) groups excluding carboxylic acids is 2. The zero-order chi connectivity index (χ0) is 23.3. The van der Waals surface area contributed by atoms with Gasteiger partial charge in [0.25, 0.3) is 5.91 Å². The van der Waals surface area contributed by atoms with Crippen molar-refractivity contribution in [3.8, 4) is 0 Å². The summed E-state index contributed by atoms with van der Waals surface area (Å²) in [6.07, 6.45) is -2.75. The van der Waals surface area contributed by atoms with Crippen LogP contribution in [0, 0.1) is 11.7 Å². The predicted molar refractivity (Wildman–Crippen MR) is 113 cm³/mol. The highest BCUT2D eigenvalue weighted by atomic mass is 35.5. The number of hydrogen-bond donors (Lipinski definition) is 1. The van der Waals surface area contributed by atoms with Crippen molar-refractivity contribution < 1.29 is 27.2 Å².